The maximum Gasteiger partial charge on any atom is 0.126 e. The first-order chi connectivity index (χ1) is 7.67. The molecule has 0 radical (unpaired) electrons. The van der Waals surface area contributed by atoms with Crippen molar-refractivity contribution in [1.29, 1.82) is 0 Å². The van der Waals surface area contributed by atoms with E-state index in [9.17, 15) is 8.78 Å². The van der Waals surface area contributed by atoms with Crippen molar-refractivity contribution in [3.63, 3.8) is 0 Å². The Kier molecular flexibility index (Phi) is 4.90. The lowest BCUT2D eigenvalue weighted by atomic mass is 10.1. The summed E-state index contributed by atoms with van der Waals surface area (Å²) in [6.07, 6.45) is 5.65. The van der Waals surface area contributed by atoms with Gasteiger partial charge >= 0.3 is 0 Å². The Balaban J connectivity index is 2.74. The molecule has 1 aromatic rings. The Morgan fingerprint density at radius 2 is 1.94 bits per heavy atom. The van der Waals surface area contributed by atoms with Crippen molar-refractivity contribution >= 4 is 0 Å². The van der Waals surface area contributed by atoms with Gasteiger partial charge in [0.2, 0.25) is 0 Å². The van der Waals surface area contributed by atoms with Crippen LogP contribution in [0.1, 0.15) is 18.0 Å². The molecule has 0 heterocycles. The van der Waals surface area contributed by atoms with Gasteiger partial charge in [0.05, 0.1) is 0 Å². The van der Waals surface area contributed by atoms with E-state index in [4.69, 9.17) is 12.2 Å². The number of halogens is 2. The van der Waals surface area contributed by atoms with Crippen LogP contribution in [0.4, 0.5) is 8.78 Å². The molecule has 4 heteroatoms. The fourth-order valence-corrected chi connectivity index (χ4v) is 1.43. The van der Waals surface area contributed by atoms with Crippen LogP contribution in [0.25, 0.3) is 0 Å². The summed E-state index contributed by atoms with van der Waals surface area (Å²) in [5, 5.41) is 3.04. The third-order valence-electron chi connectivity index (χ3n) is 2.18. The minimum atomic E-state index is -0.604. The zero-order valence-electron chi connectivity index (χ0n) is 8.84. The van der Waals surface area contributed by atoms with Crippen LogP contribution in [-0.4, -0.2) is 13.1 Å². The molecular formula is C12H14F2N2. The first-order valence-corrected chi connectivity index (χ1v) is 5.00. The number of benzene rings is 1. The molecule has 0 fully saturated rings. The van der Waals surface area contributed by atoms with Crippen molar-refractivity contribution in [2.24, 2.45) is 5.73 Å². The maximum atomic E-state index is 13.0. The number of rotatable bonds is 5. The van der Waals surface area contributed by atoms with Crippen molar-refractivity contribution in [3.8, 4) is 12.3 Å². The normalized spacial score (nSPS) is 12.1. The van der Waals surface area contributed by atoms with Gasteiger partial charge in [-0.2, -0.15) is 0 Å². The molecule has 1 atom stereocenters. The van der Waals surface area contributed by atoms with Gasteiger partial charge in [-0.25, -0.2) is 8.78 Å². The molecule has 0 aliphatic heterocycles. The van der Waals surface area contributed by atoms with Crippen LogP contribution < -0.4 is 11.1 Å². The van der Waals surface area contributed by atoms with Gasteiger partial charge in [-0.05, 0) is 17.7 Å². The van der Waals surface area contributed by atoms with Gasteiger partial charge in [0.1, 0.15) is 11.6 Å². The van der Waals surface area contributed by atoms with E-state index in [2.05, 4.69) is 11.2 Å². The maximum absolute atomic E-state index is 13.0. The van der Waals surface area contributed by atoms with Crippen molar-refractivity contribution in [1.82, 2.24) is 5.32 Å². The van der Waals surface area contributed by atoms with E-state index in [1.807, 2.05) is 0 Å². The third-order valence-corrected chi connectivity index (χ3v) is 2.18. The van der Waals surface area contributed by atoms with Crippen LogP contribution in [0, 0.1) is 24.0 Å². The second-order valence-corrected chi connectivity index (χ2v) is 3.40. The summed E-state index contributed by atoms with van der Waals surface area (Å²) in [7, 11) is 0. The standard InChI is InChI=1S/C12H14F2N2/c1-2-3-4-16-12(8-15)9-5-10(13)7-11(14)6-9/h1,5-7,12,16H,3-4,8,15H2. The molecule has 0 aliphatic rings. The summed E-state index contributed by atoms with van der Waals surface area (Å²) in [6.45, 7) is 0.823. The molecule has 1 aromatic carbocycles. The van der Waals surface area contributed by atoms with Crippen LogP contribution in [0.2, 0.25) is 0 Å². The van der Waals surface area contributed by atoms with Crippen LogP contribution in [0.5, 0.6) is 0 Å². The fourth-order valence-electron chi connectivity index (χ4n) is 1.43. The van der Waals surface area contributed by atoms with E-state index in [-0.39, 0.29) is 12.6 Å². The van der Waals surface area contributed by atoms with Crippen LogP contribution >= 0.6 is 0 Å². The lowest BCUT2D eigenvalue weighted by molar-refractivity contribution is 0.531. The highest BCUT2D eigenvalue weighted by molar-refractivity contribution is 5.21. The molecule has 2 nitrogen and oxygen atoms in total. The van der Waals surface area contributed by atoms with E-state index in [0.29, 0.717) is 18.5 Å². The zero-order chi connectivity index (χ0) is 12.0. The zero-order valence-corrected chi connectivity index (χ0v) is 8.84. The number of nitrogens with one attached hydrogen (secondary N) is 1. The third kappa shape index (κ3) is 3.61. The molecule has 16 heavy (non-hydrogen) atoms. The van der Waals surface area contributed by atoms with Gasteiger partial charge in [0.15, 0.2) is 0 Å². The van der Waals surface area contributed by atoms with Crippen molar-refractivity contribution in [2.45, 2.75) is 12.5 Å². The van der Waals surface area contributed by atoms with Gasteiger partial charge in [-0.1, -0.05) is 0 Å². The molecular weight excluding hydrogens is 210 g/mol. The molecule has 1 rings (SSSR count). The minimum absolute atomic E-state index is 0.257. The highest BCUT2D eigenvalue weighted by Crippen LogP contribution is 2.15. The first-order valence-electron chi connectivity index (χ1n) is 5.00. The molecule has 0 amide bonds. The molecule has 0 aliphatic carbocycles. The SMILES string of the molecule is C#CCCNC(CN)c1cc(F)cc(F)c1. The average molecular weight is 224 g/mol. The predicted octanol–water partition coefficient (Wildman–Crippen LogP) is 1.58. The lowest BCUT2D eigenvalue weighted by Crippen LogP contribution is -2.29. The van der Waals surface area contributed by atoms with Crippen molar-refractivity contribution in [2.75, 3.05) is 13.1 Å². The topological polar surface area (TPSA) is 38.0 Å². The average Bonchev–Trinajstić information content (AvgIpc) is 2.23. The van der Waals surface area contributed by atoms with E-state index >= 15 is 0 Å². The summed E-state index contributed by atoms with van der Waals surface area (Å²) < 4.78 is 25.9. The van der Waals surface area contributed by atoms with Gasteiger partial charge in [-0.3, -0.25) is 0 Å². The van der Waals surface area contributed by atoms with E-state index in [1.165, 1.54) is 12.1 Å². The molecule has 0 spiro atoms. The summed E-state index contributed by atoms with van der Waals surface area (Å²) in [5.41, 5.74) is 6.03. The monoisotopic (exact) mass is 224 g/mol. The Bertz CT molecular complexity index is 365. The number of hydrogen-bond donors (Lipinski definition) is 2. The molecule has 0 saturated carbocycles. The quantitative estimate of drug-likeness (QED) is 0.588. The molecule has 0 aromatic heterocycles. The van der Waals surface area contributed by atoms with Gasteiger partial charge < -0.3 is 11.1 Å². The van der Waals surface area contributed by atoms with Crippen LogP contribution in [0.3, 0.4) is 0 Å². The van der Waals surface area contributed by atoms with Gasteiger partial charge in [-0.15, -0.1) is 12.3 Å². The van der Waals surface area contributed by atoms with E-state index in [1.54, 1.807) is 0 Å². The highest BCUT2D eigenvalue weighted by atomic mass is 19.1. The Morgan fingerprint density at radius 3 is 2.44 bits per heavy atom. The summed E-state index contributed by atoms with van der Waals surface area (Å²) in [5.74, 6) is 1.26. The second kappa shape index (κ2) is 6.21. The van der Waals surface area contributed by atoms with Crippen LogP contribution in [0.15, 0.2) is 18.2 Å². The largest absolute Gasteiger partial charge is 0.329 e. The van der Waals surface area contributed by atoms with Crippen molar-refractivity contribution < 1.29 is 8.78 Å². The van der Waals surface area contributed by atoms with E-state index in [0.717, 1.165) is 6.07 Å². The second-order valence-electron chi connectivity index (χ2n) is 3.40. The fraction of sp³-hybridized carbons (Fsp3) is 0.333. The molecule has 86 valence electrons. The predicted molar refractivity (Wildman–Crippen MR) is 59.6 cm³/mol. The molecule has 0 bridgehead atoms. The number of terminal acetylenes is 1. The summed E-state index contributed by atoms with van der Waals surface area (Å²) in [4.78, 5) is 0. The minimum Gasteiger partial charge on any atom is -0.329 e. The smallest absolute Gasteiger partial charge is 0.126 e. The Labute approximate surface area is 93.8 Å². The lowest BCUT2D eigenvalue weighted by Gasteiger charge is -2.16. The van der Waals surface area contributed by atoms with Gasteiger partial charge in [0.25, 0.3) is 0 Å². The van der Waals surface area contributed by atoms with E-state index < -0.39 is 11.6 Å². The molecule has 0 saturated heterocycles. The van der Waals surface area contributed by atoms with Crippen LogP contribution in [-0.2, 0) is 0 Å². The Morgan fingerprint density at radius 1 is 1.31 bits per heavy atom. The van der Waals surface area contributed by atoms with Gasteiger partial charge in [0, 0.05) is 31.6 Å². The number of nitrogens with two attached hydrogens (primary N) is 1. The molecule has 3 N–H and O–H groups in total. The highest BCUT2D eigenvalue weighted by Gasteiger charge is 2.10. The molecule has 1 unspecified atom stereocenters. The number of hydrogen-bond acceptors (Lipinski definition) is 2. The first kappa shape index (κ1) is 12.6. The Hall–Kier alpha value is -1.44. The summed E-state index contributed by atoms with van der Waals surface area (Å²) in [6, 6.07) is 3.09. The van der Waals surface area contributed by atoms with Crippen molar-refractivity contribution in [3.05, 3.63) is 35.4 Å². The summed E-state index contributed by atoms with van der Waals surface area (Å²) >= 11 is 0.